The molecule has 0 bridgehead atoms. The number of carbonyl (C=O) groups excluding carboxylic acids is 1. The van der Waals surface area contributed by atoms with Gasteiger partial charge in [0.15, 0.2) is 0 Å². The van der Waals surface area contributed by atoms with Crippen LogP contribution in [0, 0.1) is 5.82 Å². The Hall–Kier alpha value is -1.46. The average Bonchev–Trinajstić information content (AvgIpc) is 2.90. The fourth-order valence-electron chi connectivity index (χ4n) is 3.09. The van der Waals surface area contributed by atoms with E-state index in [1.165, 1.54) is 6.07 Å². The molecule has 1 fully saturated rings. The maximum absolute atomic E-state index is 13.6. The number of amides is 1. The number of carbonyl (C=O) groups is 1. The van der Waals surface area contributed by atoms with Crippen LogP contribution in [0.2, 0.25) is 0 Å². The number of hydrogen-bond acceptors (Lipinski definition) is 3. The lowest BCUT2D eigenvalue weighted by atomic mass is 10.1. The highest BCUT2D eigenvalue weighted by Gasteiger charge is 2.29. The van der Waals surface area contributed by atoms with Gasteiger partial charge in [-0.05, 0) is 45.7 Å². The van der Waals surface area contributed by atoms with Crippen LogP contribution in [0.4, 0.5) is 4.39 Å². The van der Waals surface area contributed by atoms with E-state index >= 15 is 0 Å². The normalized spacial score (nSPS) is 17.9. The van der Waals surface area contributed by atoms with Crippen LogP contribution in [0.5, 0.6) is 0 Å². The fraction of sp³-hybridized carbons (Fsp3) is 0.632. The molecule has 4 nitrogen and oxygen atoms in total. The topological polar surface area (TPSA) is 41.6 Å². The van der Waals surface area contributed by atoms with Gasteiger partial charge in [-0.3, -0.25) is 4.79 Å². The van der Waals surface area contributed by atoms with Gasteiger partial charge in [-0.2, -0.15) is 0 Å². The summed E-state index contributed by atoms with van der Waals surface area (Å²) in [6.45, 7) is 6.81. The predicted octanol–water partition coefficient (Wildman–Crippen LogP) is 3.11. The van der Waals surface area contributed by atoms with Gasteiger partial charge >= 0.3 is 0 Å². The second-order valence-electron chi connectivity index (χ2n) is 6.61. The molecule has 1 aliphatic heterocycles. The fourth-order valence-corrected chi connectivity index (χ4v) is 3.09. The van der Waals surface area contributed by atoms with Crippen molar-refractivity contribution in [3.63, 3.8) is 0 Å². The Labute approximate surface area is 144 Å². The van der Waals surface area contributed by atoms with Crippen molar-refractivity contribution in [3.05, 3.63) is 35.6 Å². The van der Waals surface area contributed by atoms with Gasteiger partial charge < -0.3 is 15.0 Å². The van der Waals surface area contributed by atoms with Crippen molar-refractivity contribution in [1.82, 2.24) is 10.2 Å². The van der Waals surface area contributed by atoms with Crippen molar-refractivity contribution in [2.75, 3.05) is 19.7 Å². The Morgan fingerprint density at radius 2 is 2.17 bits per heavy atom. The standard InChI is InChI=1S/C19H29FN2O2/c1-15(2)24-13-5-12-22-17(8-9-19(22)23)10-11-21-14-16-6-3-4-7-18(16)20/h3-4,6-7,15,17,21H,5,8-14H2,1-2H3/t17-/m1/s1. The van der Waals surface area contributed by atoms with E-state index in [9.17, 15) is 9.18 Å². The summed E-state index contributed by atoms with van der Waals surface area (Å²) < 4.78 is 19.1. The van der Waals surface area contributed by atoms with Gasteiger partial charge in [-0.15, -0.1) is 0 Å². The molecule has 1 aliphatic rings. The highest BCUT2D eigenvalue weighted by molar-refractivity contribution is 5.78. The zero-order valence-electron chi connectivity index (χ0n) is 14.8. The summed E-state index contributed by atoms with van der Waals surface area (Å²) in [4.78, 5) is 14.0. The third-order valence-electron chi connectivity index (χ3n) is 4.37. The summed E-state index contributed by atoms with van der Waals surface area (Å²) in [6, 6.07) is 7.11. The van der Waals surface area contributed by atoms with Crippen molar-refractivity contribution in [2.45, 2.75) is 58.2 Å². The molecule has 0 unspecified atom stereocenters. The molecule has 1 N–H and O–H groups in total. The van der Waals surface area contributed by atoms with Gasteiger partial charge in [-0.1, -0.05) is 18.2 Å². The summed E-state index contributed by atoms with van der Waals surface area (Å²) in [6.07, 6.45) is 3.58. The van der Waals surface area contributed by atoms with Gasteiger partial charge in [0.25, 0.3) is 0 Å². The lowest BCUT2D eigenvalue weighted by molar-refractivity contribution is -0.129. The molecule has 1 atom stereocenters. The lowest BCUT2D eigenvalue weighted by Crippen LogP contribution is -2.36. The highest BCUT2D eigenvalue weighted by atomic mass is 19.1. The second-order valence-corrected chi connectivity index (χ2v) is 6.61. The number of benzene rings is 1. The predicted molar refractivity (Wildman–Crippen MR) is 93.2 cm³/mol. The second kappa shape index (κ2) is 9.74. The molecule has 134 valence electrons. The van der Waals surface area contributed by atoms with E-state index in [-0.39, 0.29) is 17.8 Å². The van der Waals surface area contributed by atoms with E-state index in [2.05, 4.69) is 5.32 Å². The van der Waals surface area contributed by atoms with E-state index in [1.54, 1.807) is 12.1 Å². The number of ether oxygens (including phenoxy) is 1. The van der Waals surface area contributed by atoms with E-state index in [4.69, 9.17) is 4.74 Å². The quantitative estimate of drug-likeness (QED) is 0.668. The van der Waals surface area contributed by atoms with Crippen LogP contribution < -0.4 is 5.32 Å². The van der Waals surface area contributed by atoms with Crippen molar-refractivity contribution in [2.24, 2.45) is 0 Å². The van der Waals surface area contributed by atoms with E-state index < -0.39 is 0 Å². The van der Waals surface area contributed by atoms with Crippen molar-refractivity contribution >= 4 is 5.91 Å². The van der Waals surface area contributed by atoms with Gasteiger partial charge in [0.05, 0.1) is 6.10 Å². The minimum Gasteiger partial charge on any atom is -0.379 e. The molecular formula is C19H29FN2O2. The van der Waals surface area contributed by atoms with Gasteiger partial charge in [0.1, 0.15) is 5.82 Å². The molecule has 1 amide bonds. The van der Waals surface area contributed by atoms with E-state index in [1.807, 2.05) is 24.8 Å². The third kappa shape index (κ3) is 5.87. The first-order valence-corrected chi connectivity index (χ1v) is 8.93. The first-order valence-electron chi connectivity index (χ1n) is 8.93. The maximum Gasteiger partial charge on any atom is 0.222 e. The van der Waals surface area contributed by atoms with Crippen LogP contribution in [0.3, 0.4) is 0 Å². The maximum atomic E-state index is 13.6. The van der Waals surface area contributed by atoms with Crippen LogP contribution in [0.15, 0.2) is 24.3 Å². The zero-order valence-corrected chi connectivity index (χ0v) is 14.8. The Bertz CT molecular complexity index is 522. The Morgan fingerprint density at radius 1 is 1.38 bits per heavy atom. The molecule has 24 heavy (non-hydrogen) atoms. The first-order chi connectivity index (χ1) is 11.6. The molecule has 2 rings (SSSR count). The summed E-state index contributed by atoms with van der Waals surface area (Å²) in [5.74, 6) is 0.0754. The van der Waals surface area contributed by atoms with Crippen molar-refractivity contribution in [3.8, 4) is 0 Å². The molecule has 0 aliphatic carbocycles. The minimum atomic E-state index is -0.173. The molecule has 1 heterocycles. The largest absolute Gasteiger partial charge is 0.379 e. The van der Waals surface area contributed by atoms with Crippen molar-refractivity contribution in [1.29, 1.82) is 0 Å². The lowest BCUT2D eigenvalue weighted by Gasteiger charge is -2.25. The number of nitrogens with zero attached hydrogens (tertiary/aromatic N) is 1. The molecular weight excluding hydrogens is 307 g/mol. The summed E-state index contributed by atoms with van der Waals surface area (Å²) >= 11 is 0. The Balaban J connectivity index is 1.68. The highest BCUT2D eigenvalue weighted by Crippen LogP contribution is 2.21. The third-order valence-corrected chi connectivity index (χ3v) is 4.37. The molecule has 1 aromatic carbocycles. The van der Waals surface area contributed by atoms with Gasteiger partial charge in [0, 0.05) is 37.7 Å². The number of halogens is 1. The number of rotatable bonds is 10. The number of likely N-dealkylation sites (tertiary alicyclic amines) is 1. The molecule has 0 aromatic heterocycles. The van der Waals surface area contributed by atoms with Gasteiger partial charge in [0.2, 0.25) is 5.91 Å². The van der Waals surface area contributed by atoms with Crippen molar-refractivity contribution < 1.29 is 13.9 Å². The minimum absolute atomic E-state index is 0.173. The average molecular weight is 336 g/mol. The number of hydrogen-bond donors (Lipinski definition) is 1. The van der Waals surface area contributed by atoms with Crippen LogP contribution in [0.1, 0.15) is 45.1 Å². The van der Waals surface area contributed by atoms with Crippen LogP contribution >= 0.6 is 0 Å². The molecule has 0 spiro atoms. The van der Waals surface area contributed by atoms with Gasteiger partial charge in [-0.25, -0.2) is 4.39 Å². The Kier molecular flexibility index (Phi) is 7.66. The Morgan fingerprint density at radius 3 is 2.92 bits per heavy atom. The summed E-state index contributed by atoms with van der Waals surface area (Å²) in [5, 5.41) is 3.28. The van der Waals surface area contributed by atoms with Crippen LogP contribution in [0.25, 0.3) is 0 Å². The zero-order chi connectivity index (χ0) is 17.4. The van der Waals surface area contributed by atoms with E-state index in [0.717, 1.165) is 32.4 Å². The molecule has 0 radical (unpaired) electrons. The number of nitrogens with one attached hydrogen (secondary N) is 1. The molecule has 0 saturated carbocycles. The molecule has 5 heteroatoms. The SMILES string of the molecule is CC(C)OCCCN1C(=O)CC[C@@H]1CCNCc1ccccc1F. The summed E-state index contributed by atoms with van der Waals surface area (Å²) in [5.41, 5.74) is 0.683. The smallest absolute Gasteiger partial charge is 0.222 e. The monoisotopic (exact) mass is 336 g/mol. The van der Waals surface area contributed by atoms with Crippen LogP contribution in [-0.2, 0) is 16.1 Å². The molecule has 1 saturated heterocycles. The molecule has 1 aromatic rings. The first kappa shape index (κ1) is 18.9. The van der Waals surface area contributed by atoms with Crippen LogP contribution in [-0.4, -0.2) is 42.6 Å². The van der Waals surface area contributed by atoms with E-state index in [0.29, 0.717) is 31.2 Å². The summed E-state index contributed by atoms with van der Waals surface area (Å²) in [7, 11) is 0.